The molecule has 128 valence electrons. The smallest absolute Gasteiger partial charge is 0.236 e. The van der Waals surface area contributed by atoms with Crippen LogP contribution in [-0.2, 0) is 11.3 Å². The molecule has 1 unspecified atom stereocenters. The van der Waals surface area contributed by atoms with Crippen molar-refractivity contribution in [3.8, 4) is 0 Å². The van der Waals surface area contributed by atoms with E-state index in [0.29, 0.717) is 6.54 Å². The van der Waals surface area contributed by atoms with E-state index in [1.54, 1.807) is 11.3 Å². The standard InChI is InChI=1S/C17H27N3O2S/c21-14-15-4-1-2-6-20(15)13-17(22)19-9-7-18(8-10-19)12-16-5-3-11-23-16/h3,5,11,15,21H,1-2,4,6-10,12-14H2. The summed E-state index contributed by atoms with van der Waals surface area (Å²) in [4.78, 5) is 20.5. The summed E-state index contributed by atoms with van der Waals surface area (Å²) in [7, 11) is 0. The predicted molar refractivity (Wildman–Crippen MR) is 92.5 cm³/mol. The van der Waals surface area contributed by atoms with Crippen LogP contribution in [0.3, 0.4) is 0 Å². The topological polar surface area (TPSA) is 47.0 Å². The Balaban J connectivity index is 1.44. The Morgan fingerprint density at radius 3 is 2.74 bits per heavy atom. The van der Waals surface area contributed by atoms with Gasteiger partial charge in [-0.15, -0.1) is 11.3 Å². The SMILES string of the molecule is O=C(CN1CCCCC1CO)N1CCN(Cc2cccs2)CC1. The van der Waals surface area contributed by atoms with E-state index in [1.807, 2.05) is 4.90 Å². The van der Waals surface area contributed by atoms with Gasteiger partial charge in [0.05, 0.1) is 13.2 Å². The third kappa shape index (κ3) is 4.53. The highest BCUT2D eigenvalue weighted by molar-refractivity contribution is 7.09. The van der Waals surface area contributed by atoms with Crippen molar-refractivity contribution in [2.45, 2.75) is 31.8 Å². The molecule has 2 aliphatic heterocycles. The van der Waals surface area contributed by atoms with E-state index in [-0.39, 0.29) is 18.6 Å². The molecule has 0 radical (unpaired) electrons. The van der Waals surface area contributed by atoms with Crippen molar-refractivity contribution in [2.24, 2.45) is 0 Å². The molecule has 3 rings (SSSR count). The minimum atomic E-state index is 0.169. The second-order valence-corrected chi connectivity index (χ2v) is 7.57. The quantitative estimate of drug-likeness (QED) is 0.878. The van der Waals surface area contributed by atoms with Crippen LogP contribution in [0.5, 0.6) is 0 Å². The number of rotatable bonds is 5. The number of aliphatic hydroxyl groups excluding tert-OH is 1. The van der Waals surface area contributed by atoms with E-state index >= 15 is 0 Å². The van der Waals surface area contributed by atoms with Crippen molar-refractivity contribution < 1.29 is 9.90 Å². The Hall–Kier alpha value is -0.950. The number of piperazine rings is 1. The first-order chi connectivity index (χ1) is 11.3. The van der Waals surface area contributed by atoms with Crippen molar-refractivity contribution in [1.29, 1.82) is 0 Å². The van der Waals surface area contributed by atoms with Crippen LogP contribution < -0.4 is 0 Å². The number of amides is 1. The van der Waals surface area contributed by atoms with E-state index in [2.05, 4.69) is 27.3 Å². The van der Waals surface area contributed by atoms with Gasteiger partial charge in [0.1, 0.15) is 0 Å². The van der Waals surface area contributed by atoms with Crippen molar-refractivity contribution in [3.05, 3.63) is 22.4 Å². The largest absolute Gasteiger partial charge is 0.395 e. The van der Waals surface area contributed by atoms with Crippen LogP contribution in [0.4, 0.5) is 0 Å². The average molecular weight is 337 g/mol. The number of carbonyl (C=O) groups excluding carboxylic acids is 1. The van der Waals surface area contributed by atoms with Crippen LogP contribution in [0.25, 0.3) is 0 Å². The normalized spacial score (nSPS) is 24.0. The van der Waals surface area contributed by atoms with Crippen LogP contribution in [-0.4, -0.2) is 77.6 Å². The molecule has 1 aromatic heterocycles. The zero-order chi connectivity index (χ0) is 16.1. The van der Waals surface area contributed by atoms with Crippen LogP contribution in [0.15, 0.2) is 17.5 Å². The summed E-state index contributed by atoms with van der Waals surface area (Å²) >= 11 is 1.80. The predicted octanol–water partition coefficient (Wildman–Crippen LogP) is 1.24. The first kappa shape index (κ1) is 16.9. The van der Waals surface area contributed by atoms with Gasteiger partial charge in [-0.05, 0) is 30.8 Å². The molecule has 1 amide bonds. The molecule has 1 N–H and O–H groups in total. The molecular weight excluding hydrogens is 310 g/mol. The number of carbonyl (C=O) groups is 1. The van der Waals surface area contributed by atoms with Crippen LogP contribution in [0.2, 0.25) is 0 Å². The van der Waals surface area contributed by atoms with Crippen LogP contribution >= 0.6 is 11.3 Å². The molecule has 0 spiro atoms. The molecule has 5 nitrogen and oxygen atoms in total. The molecule has 2 aliphatic rings. The summed E-state index contributed by atoms with van der Waals surface area (Å²) in [5.74, 6) is 0.223. The van der Waals surface area contributed by atoms with E-state index < -0.39 is 0 Å². The first-order valence-corrected chi connectivity index (χ1v) is 9.51. The van der Waals surface area contributed by atoms with Gasteiger partial charge in [0, 0.05) is 43.6 Å². The number of thiophene rings is 1. The highest BCUT2D eigenvalue weighted by Gasteiger charge is 2.27. The second-order valence-electron chi connectivity index (χ2n) is 6.54. The van der Waals surface area contributed by atoms with Gasteiger partial charge in [0.15, 0.2) is 0 Å². The molecule has 23 heavy (non-hydrogen) atoms. The number of hydrogen-bond donors (Lipinski definition) is 1. The minimum absolute atomic E-state index is 0.169. The fraction of sp³-hybridized carbons (Fsp3) is 0.706. The summed E-state index contributed by atoms with van der Waals surface area (Å²) < 4.78 is 0. The van der Waals surface area contributed by atoms with Gasteiger partial charge in [-0.2, -0.15) is 0 Å². The fourth-order valence-electron chi connectivity index (χ4n) is 3.53. The second kappa shape index (κ2) is 8.24. The number of piperidine rings is 1. The highest BCUT2D eigenvalue weighted by atomic mass is 32.1. The molecule has 0 bridgehead atoms. The van der Waals surface area contributed by atoms with Gasteiger partial charge in [-0.25, -0.2) is 0 Å². The molecule has 0 saturated carbocycles. The van der Waals surface area contributed by atoms with E-state index in [4.69, 9.17) is 0 Å². The maximum absolute atomic E-state index is 12.5. The van der Waals surface area contributed by atoms with Gasteiger partial charge in [-0.1, -0.05) is 12.5 Å². The Morgan fingerprint density at radius 1 is 1.22 bits per heavy atom. The lowest BCUT2D eigenvalue weighted by Crippen LogP contribution is -2.53. The molecular formula is C17H27N3O2S. The van der Waals surface area contributed by atoms with E-state index in [0.717, 1.165) is 58.5 Å². The first-order valence-electron chi connectivity index (χ1n) is 8.63. The molecule has 1 aromatic rings. The number of nitrogens with zero attached hydrogens (tertiary/aromatic N) is 3. The van der Waals surface area contributed by atoms with Gasteiger partial charge in [0.25, 0.3) is 0 Å². The lowest BCUT2D eigenvalue weighted by Gasteiger charge is -2.38. The summed E-state index contributed by atoms with van der Waals surface area (Å²) in [6.45, 7) is 6.12. The number of likely N-dealkylation sites (tertiary alicyclic amines) is 1. The molecule has 6 heteroatoms. The summed E-state index contributed by atoms with van der Waals surface area (Å²) in [6, 6.07) is 4.44. The van der Waals surface area contributed by atoms with Crippen molar-refractivity contribution in [2.75, 3.05) is 45.9 Å². The van der Waals surface area contributed by atoms with E-state index in [1.165, 1.54) is 4.88 Å². The fourth-order valence-corrected chi connectivity index (χ4v) is 4.27. The zero-order valence-electron chi connectivity index (χ0n) is 13.7. The van der Waals surface area contributed by atoms with Gasteiger partial charge in [0.2, 0.25) is 5.91 Å². The third-order valence-electron chi connectivity index (χ3n) is 4.98. The number of aliphatic hydroxyl groups is 1. The molecule has 0 aromatic carbocycles. The average Bonchev–Trinajstić information content (AvgIpc) is 3.09. The Kier molecular flexibility index (Phi) is 6.05. The lowest BCUT2D eigenvalue weighted by atomic mass is 10.0. The lowest BCUT2D eigenvalue weighted by molar-refractivity contribution is -0.135. The molecule has 2 saturated heterocycles. The zero-order valence-corrected chi connectivity index (χ0v) is 14.5. The van der Waals surface area contributed by atoms with Gasteiger partial charge < -0.3 is 10.0 Å². The van der Waals surface area contributed by atoms with Crippen LogP contribution in [0, 0.1) is 0 Å². The highest BCUT2D eigenvalue weighted by Crippen LogP contribution is 2.17. The maximum atomic E-state index is 12.5. The van der Waals surface area contributed by atoms with Gasteiger partial charge >= 0.3 is 0 Å². The van der Waals surface area contributed by atoms with Crippen molar-refractivity contribution in [1.82, 2.24) is 14.7 Å². The third-order valence-corrected chi connectivity index (χ3v) is 5.84. The monoisotopic (exact) mass is 337 g/mol. The summed E-state index contributed by atoms with van der Waals surface area (Å²) in [5, 5.41) is 11.6. The Bertz CT molecular complexity index is 486. The molecule has 0 aliphatic carbocycles. The Labute approximate surface area is 142 Å². The van der Waals surface area contributed by atoms with Gasteiger partial charge in [-0.3, -0.25) is 14.6 Å². The molecule has 3 heterocycles. The molecule has 2 fully saturated rings. The molecule has 1 atom stereocenters. The van der Waals surface area contributed by atoms with Crippen molar-refractivity contribution >= 4 is 17.2 Å². The Morgan fingerprint density at radius 2 is 2.04 bits per heavy atom. The van der Waals surface area contributed by atoms with Crippen LogP contribution in [0.1, 0.15) is 24.1 Å². The maximum Gasteiger partial charge on any atom is 0.236 e. The summed E-state index contributed by atoms with van der Waals surface area (Å²) in [6.07, 6.45) is 3.31. The number of hydrogen-bond acceptors (Lipinski definition) is 5. The minimum Gasteiger partial charge on any atom is -0.395 e. The van der Waals surface area contributed by atoms with E-state index in [9.17, 15) is 9.90 Å². The summed E-state index contributed by atoms with van der Waals surface area (Å²) in [5.41, 5.74) is 0. The van der Waals surface area contributed by atoms with Crippen molar-refractivity contribution in [3.63, 3.8) is 0 Å².